The molecular formula is C18H19ClN2O2. The first-order chi connectivity index (χ1) is 11.1. The van der Waals surface area contributed by atoms with Crippen molar-refractivity contribution in [3.63, 3.8) is 0 Å². The number of carbonyl (C=O) groups excluding carboxylic acids is 1. The third-order valence-corrected chi connectivity index (χ3v) is 3.75. The molecule has 0 bridgehead atoms. The van der Waals surface area contributed by atoms with Gasteiger partial charge in [-0.2, -0.15) is 0 Å². The highest BCUT2D eigenvalue weighted by molar-refractivity contribution is 6.31. The number of hydrogen-bond acceptors (Lipinski definition) is 3. The third kappa shape index (κ3) is 5.11. The Balaban J connectivity index is 1.83. The van der Waals surface area contributed by atoms with Crippen LogP contribution in [0.25, 0.3) is 0 Å². The lowest BCUT2D eigenvalue weighted by Crippen LogP contribution is -2.33. The molecular weight excluding hydrogens is 312 g/mol. The second-order valence-corrected chi connectivity index (χ2v) is 5.56. The molecule has 0 aliphatic heterocycles. The Morgan fingerprint density at radius 2 is 1.96 bits per heavy atom. The van der Waals surface area contributed by atoms with E-state index in [0.717, 1.165) is 16.7 Å². The van der Waals surface area contributed by atoms with Crippen LogP contribution in [0, 0.1) is 6.92 Å². The molecule has 5 heteroatoms. The van der Waals surface area contributed by atoms with E-state index >= 15 is 0 Å². The number of hydrogen-bond donors (Lipinski definition) is 1. The molecule has 0 fully saturated rings. The van der Waals surface area contributed by atoms with Gasteiger partial charge in [0.05, 0.1) is 6.21 Å². The first-order valence-electron chi connectivity index (χ1n) is 7.34. The Morgan fingerprint density at radius 1 is 1.26 bits per heavy atom. The maximum absolute atomic E-state index is 12.0. The normalized spacial score (nSPS) is 12.1. The molecule has 0 radical (unpaired) electrons. The van der Waals surface area contributed by atoms with Crippen molar-refractivity contribution in [1.29, 1.82) is 0 Å². The average Bonchev–Trinajstić information content (AvgIpc) is 2.55. The van der Waals surface area contributed by atoms with Gasteiger partial charge in [-0.05, 0) is 36.6 Å². The molecule has 0 spiro atoms. The molecule has 23 heavy (non-hydrogen) atoms. The lowest BCUT2D eigenvalue weighted by molar-refractivity contribution is -0.131. The molecule has 0 saturated heterocycles. The molecule has 0 saturated carbocycles. The van der Waals surface area contributed by atoms with Crippen molar-refractivity contribution >= 4 is 23.7 Å². The van der Waals surface area contributed by atoms with Crippen molar-refractivity contribution < 1.29 is 9.63 Å². The summed E-state index contributed by atoms with van der Waals surface area (Å²) in [4.78, 5) is 17.2. The van der Waals surface area contributed by atoms with Crippen LogP contribution in [0.15, 0.2) is 53.7 Å². The van der Waals surface area contributed by atoms with E-state index < -0.39 is 6.10 Å². The lowest BCUT2D eigenvalue weighted by Gasteiger charge is -2.11. The minimum absolute atomic E-state index is 0.244. The van der Waals surface area contributed by atoms with E-state index in [0.29, 0.717) is 11.6 Å². The van der Waals surface area contributed by atoms with Gasteiger partial charge in [-0.25, -0.2) is 0 Å². The van der Waals surface area contributed by atoms with Crippen LogP contribution in [0.1, 0.15) is 23.6 Å². The quantitative estimate of drug-likeness (QED) is 0.648. The minimum Gasteiger partial charge on any atom is -0.383 e. The van der Waals surface area contributed by atoms with Gasteiger partial charge in [0.15, 0.2) is 0 Å². The van der Waals surface area contributed by atoms with Crippen LogP contribution < -0.4 is 5.32 Å². The zero-order valence-electron chi connectivity index (χ0n) is 13.1. The summed E-state index contributed by atoms with van der Waals surface area (Å²) in [6.07, 6.45) is 0.922. The number of halogens is 1. The Hall–Kier alpha value is -2.33. The summed E-state index contributed by atoms with van der Waals surface area (Å²) in [5.74, 6) is -0.244. The van der Waals surface area contributed by atoms with E-state index in [1.807, 2.05) is 49.4 Å². The van der Waals surface area contributed by atoms with Gasteiger partial charge in [0.1, 0.15) is 0 Å². The highest BCUT2D eigenvalue weighted by atomic mass is 35.5. The second-order valence-electron chi connectivity index (χ2n) is 5.15. The third-order valence-electron chi connectivity index (χ3n) is 3.38. The molecule has 0 aliphatic rings. The fourth-order valence-corrected chi connectivity index (χ4v) is 2.13. The molecule has 0 aromatic heterocycles. The van der Waals surface area contributed by atoms with Gasteiger partial charge in [0.2, 0.25) is 6.10 Å². The summed E-state index contributed by atoms with van der Waals surface area (Å²) < 4.78 is 0. The van der Waals surface area contributed by atoms with Crippen molar-refractivity contribution in [2.75, 3.05) is 0 Å². The summed E-state index contributed by atoms with van der Waals surface area (Å²) in [6.45, 7) is 3.99. The number of aryl methyl sites for hydroxylation is 1. The second kappa shape index (κ2) is 8.34. The molecule has 1 unspecified atom stereocenters. The van der Waals surface area contributed by atoms with Crippen molar-refractivity contribution in [2.45, 2.75) is 26.5 Å². The molecule has 120 valence electrons. The average molecular weight is 331 g/mol. The highest BCUT2D eigenvalue weighted by Gasteiger charge is 2.13. The van der Waals surface area contributed by atoms with Crippen LogP contribution in [0.3, 0.4) is 0 Å². The zero-order chi connectivity index (χ0) is 16.7. The number of nitrogens with one attached hydrogen (secondary N) is 1. The van der Waals surface area contributed by atoms with Crippen molar-refractivity contribution in [3.05, 3.63) is 70.2 Å². The summed E-state index contributed by atoms with van der Waals surface area (Å²) in [6, 6.07) is 15.2. The van der Waals surface area contributed by atoms with Gasteiger partial charge >= 0.3 is 0 Å². The van der Waals surface area contributed by atoms with Crippen LogP contribution in [-0.2, 0) is 16.2 Å². The van der Waals surface area contributed by atoms with E-state index in [1.165, 1.54) is 0 Å². The number of benzene rings is 2. The Morgan fingerprint density at radius 3 is 2.70 bits per heavy atom. The fourth-order valence-electron chi connectivity index (χ4n) is 1.93. The topological polar surface area (TPSA) is 50.7 Å². The predicted octanol–water partition coefficient (Wildman–Crippen LogP) is 3.70. The number of rotatable bonds is 6. The smallest absolute Gasteiger partial charge is 0.263 e. The van der Waals surface area contributed by atoms with Gasteiger partial charge in [0.25, 0.3) is 5.91 Å². The Kier molecular flexibility index (Phi) is 6.18. The number of carbonyl (C=O) groups is 1. The van der Waals surface area contributed by atoms with Crippen molar-refractivity contribution in [2.24, 2.45) is 5.16 Å². The number of nitrogens with zero attached hydrogens (tertiary/aromatic N) is 1. The summed E-state index contributed by atoms with van der Waals surface area (Å²) >= 11 is 6.05. The number of oxime groups is 1. The van der Waals surface area contributed by atoms with E-state index in [9.17, 15) is 4.79 Å². The minimum atomic E-state index is -0.683. The molecule has 4 nitrogen and oxygen atoms in total. The van der Waals surface area contributed by atoms with Crippen molar-refractivity contribution in [1.82, 2.24) is 5.32 Å². The van der Waals surface area contributed by atoms with Gasteiger partial charge in [0, 0.05) is 11.6 Å². The van der Waals surface area contributed by atoms with Gasteiger partial charge in [-0.1, -0.05) is 59.2 Å². The Bertz CT molecular complexity index is 701. The zero-order valence-corrected chi connectivity index (χ0v) is 13.9. The fraction of sp³-hybridized carbons (Fsp3) is 0.222. The maximum atomic E-state index is 12.0. The molecule has 2 aromatic rings. The molecule has 2 aromatic carbocycles. The van der Waals surface area contributed by atoms with Crippen LogP contribution in [0.2, 0.25) is 5.02 Å². The predicted molar refractivity (Wildman–Crippen MR) is 92.6 cm³/mol. The first-order valence-corrected chi connectivity index (χ1v) is 7.71. The summed E-state index contributed by atoms with van der Waals surface area (Å²) in [5, 5.41) is 7.29. The molecule has 1 amide bonds. The van der Waals surface area contributed by atoms with Gasteiger partial charge in [-0.3, -0.25) is 4.79 Å². The van der Waals surface area contributed by atoms with Crippen LogP contribution in [0.5, 0.6) is 0 Å². The summed E-state index contributed by atoms with van der Waals surface area (Å²) in [5.41, 5.74) is 2.91. The van der Waals surface area contributed by atoms with Gasteiger partial charge < -0.3 is 10.2 Å². The largest absolute Gasteiger partial charge is 0.383 e. The summed E-state index contributed by atoms with van der Waals surface area (Å²) in [7, 11) is 0. The maximum Gasteiger partial charge on any atom is 0.263 e. The van der Waals surface area contributed by atoms with E-state index in [1.54, 1.807) is 19.2 Å². The van der Waals surface area contributed by atoms with Crippen LogP contribution in [0.4, 0.5) is 0 Å². The van der Waals surface area contributed by atoms with Crippen LogP contribution >= 0.6 is 11.6 Å². The molecule has 1 N–H and O–H groups in total. The standard InChI is InChI=1S/C18H19ClN2O2/c1-13-7-3-4-8-15(13)12-21-23-14(2)18(22)20-11-16-9-5-6-10-17(16)19/h3-10,12,14H,11H2,1-2H3,(H,20,22)/b21-12+. The van der Waals surface area contributed by atoms with E-state index in [4.69, 9.17) is 16.4 Å². The van der Waals surface area contributed by atoms with Crippen molar-refractivity contribution in [3.8, 4) is 0 Å². The van der Waals surface area contributed by atoms with E-state index in [2.05, 4.69) is 10.5 Å². The SMILES string of the molecule is Cc1ccccc1/C=N/OC(C)C(=O)NCc1ccccc1Cl. The highest BCUT2D eigenvalue weighted by Crippen LogP contribution is 2.14. The Labute approximate surface area is 141 Å². The molecule has 0 aliphatic carbocycles. The van der Waals surface area contributed by atoms with Gasteiger partial charge in [-0.15, -0.1) is 0 Å². The van der Waals surface area contributed by atoms with E-state index in [-0.39, 0.29) is 5.91 Å². The monoisotopic (exact) mass is 330 g/mol. The lowest BCUT2D eigenvalue weighted by atomic mass is 10.1. The van der Waals surface area contributed by atoms with Crippen LogP contribution in [-0.4, -0.2) is 18.2 Å². The molecule has 2 rings (SSSR count). The molecule has 0 heterocycles. The first kappa shape index (κ1) is 17.0. The molecule has 1 atom stereocenters. The number of amides is 1.